The molecule has 1 saturated heterocycles. The van der Waals surface area contributed by atoms with E-state index in [1.165, 1.54) is 11.8 Å². The third-order valence-corrected chi connectivity index (χ3v) is 5.01. The number of thioether (sulfide) groups is 1. The van der Waals surface area contributed by atoms with Gasteiger partial charge >= 0.3 is 0 Å². The van der Waals surface area contributed by atoms with Crippen molar-refractivity contribution in [1.82, 2.24) is 5.32 Å². The van der Waals surface area contributed by atoms with Gasteiger partial charge in [0, 0.05) is 5.02 Å². The summed E-state index contributed by atoms with van der Waals surface area (Å²) in [5.74, 6) is 0.226. The van der Waals surface area contributed by atoms with E-state index in [-0.39, 0.29) is 11.7 Å². The Kier molecular flexibility index (Phi) is 5.54. The average molecular weight is 389 g/mol. The number of nitrogens with zero attached hydrogens (tertiary/aromatic N) is 1. The number of hydrogen-bond acceptors (Lipinski definition) is 5. The summed E-state index contributed by atoms with van der Waals surface area (Å²) in [6.45, 7) is 4.16. The first kappa shape index (κ1) is 18.4. The molecule has 0 saturated carbocycles. The number of phenolic OH excluding ortho intramolecular Hbond substituents is 1. The monoisotopic (exact) mass is 388 g/mol. The van der Waals surface area contributed by atoms with Crippen LogP contribution >= 0.6 is 23.4 Å². The van der Waals surface area contributed by atoms with Crippen LogP contribution < -0.4 is 10.1 Å². The number of nitrogens with one attached hydrogen (secondary N) is 1. The van der Waals surface area contributed by atoms with Crippen molar-refractivity contribution in [2.45, 2.75) is 13.8 Å². The number of carbonyl (C=O) groups excluding carboxylic acids is 1. The zero-order valence-electron chi connectivity index (χ0n) is 14.2. The normalized spacial score (nSPS) is 17.0. The molecule has 1 heterocycles. The molecule has 0 atom stereocenters. The van der Waals surface area contributed by atoms with Crippen LogP contribution in [0.5, 0.6) is 11.5 Å². The summed E-state index contributed by atoms with van der Waals surface area (Å²) in [5.41, 5.74) is 2.32. The fourth-order valence-electron chi connectivity index (χ4n) is 2.35. The van der Waals surface area contributed by atoms with E-state index >= 15 is 0 Å². The molecule has 0 bridgehead atoms. The number of benzene rings is 2. The van der Waals surface area contributed by atoms with Crippen LogP contribution in [-0.4, -0.2) is 22.8 Å². The number of carbonyl (C=O) groups is 1. The Hall–Kier alpha value is -2.44. The Balaban J connectivity index is 1.86. The lowest BCUT2D eigenvalue weighted by atomic mass is 10.2. The third-order valence-electron chi connectivity index (χ3n) is 3.69. The second-order valence-electron chi connectivity index (χ2n) is 5.53. The summed E-state index contributed by atoms with van der Waals surface area (Å²) in [7, 11) is 0. The van der Waals surface area contributed by atoms with Crippen LogP contribution in [0, 0.1) is 6.92 Å². The number of aliphatic imine (C=N–C) groups is 1. The Bertz CT molecular complexity index is 925. The van der Waals surface area contributed by atoms with Crippen LogP contribution in [0.1, 0.15) is 18.1 Å². The Morgan fingerprint density at radius 3 is 2.92 bits per heavy atom. The van der Waals surface area contributed by atoms with Crippen molar-refractivity contribution in [2.24, 2.45) is 4.99 Å². The molecule has 0 unspecified atom stereocenters. The van der Waals surface area contributed by atoms with Crippen molar-refractivity contribution in [3.63, 3.8) is 0 Å². The Labute approximate surface area is 160 Å². The van der Waals surface area contributed by atoms with Gasteiger partial charge in [0.05, 0.1) is 17.2 Å². The van der Waals surface area contributed by atoms with Gasteiger partial charge in [-0.05, 0) is 67.1 Å². The molecule has 0 aliphatic carbocycles. The largest absolute Gasteiger partial charge is 0.504 e. The fraction of sp³-hybridized carbons (Fsp3) is 0.158. The third kappa shape index (κ3) is 4.03. The van der Waals surface area contributed by atoms with Crippen LogP contribution in [0.4, 0.5) is 5.69 Å². The van der Waals surface area contributed by atoms with Gasteiger partial charge in [-0.2, -0.15) is 0 Å². The molecule has 2 aromatic rings. The molecule has 1 aliphatic rings. The van der Waals surface area contributed by atoms with Gasteiger partial charge in [-0.1, -0.05) is 23.7 Å². The van der Waals surface area contributed by atoms with Crippen LogP contribution in [0.25, 0.3) is 6.08 Å². The lowest BCUT2D eigenvalue weighted by Gasteiger charge is -2.06. The number of rotatable bonds is 4. The second kappa shape index (κ2) is 7.85. The van der Waals surface area contributed by atoms with Crippen molar-refractivity contribution < 1.29 is 14.6 Å². The Morgan fingerprint density at radius 1 is 1.35 bits per heavy atom. The van der Waals surface area contributed by atoms with E-state index in [4.69, 9.17) is 16.3 Å². The van der Waals surface area contributed by atoms with E-state index < -0.39 is 0 Å². The molecule has 2 N–H and O–H groups in total. The summed E-state index contributed by atoms with van der Waals surface area (Å²) >= 11 is 7.36. The number of phenols is 1. The average Bonchev–Trinajstić information content (AvgIpc) is 2.94. The number of halogens is 1. The molecule has 26 heavy (non-hydrogen) atoms. The van der Waals surface area contributed by atoms with Gasteiger partial charge in [-0.3, -0.25) is 4.79 Å². The van der Waals surface area contributed by atoms with E-state index in [1.807, 2.05) is 26.0 Å². The molecule has 2 aromatic carbocycles. The summed E-state index contributed by atoms with van der Waals surface area (Å²) in [4.78, 5) is 17.2. The zero-order chi connectivity index (χ0) is 18.7. The quantitative estimate of drug-likeness (QED) is 0.748. The van der Waals surface area contributed by atoms with Crippen LogP contribution in [0.15, 0.2) is 46.3 Å². The van der Waals surface area contributed by atoms with Gasteiger partial charge in [0.25, 0.3) is 5.91 Å². The minimum atomic E-state index is -0.223. The van der Waals surface area contributed by atoms with E-state index in [0.29, 0.717) is 33.1 Å². The highest BCUT2D eigenvalue weighted by Crippen LogP contribution is 2.33. The molecule has 1 fully saturated rings. The molecule has 0 radical (unpaired) electrons. The molecule has 134 valence electrons. The van der Waals surface area contributed by atoms with Crippen LogP contribution in [0.2, 0.25) is 5.02 Å². The lowest BCUT2D eigenvalue weighted by Crippen LogP contribution is -2.19. The first-order valence-electron chi connectivity index (χ1n) is 7.98. The topological polar surface area (TPSA) is 70.9 Å². The zero-order valence-corrected chi connectivity index (χ0v) is 15.8. The summed E-state index contributed by atoms with van der Waals surface area (Å²) in [6.07, 6.45) is 1.73. The van der Waals surface area contributed by atoms with E-state index in [1.54, 1.807) is 30.3 Å². The predicted molar refractivity (Wildman–Crippen MR) is 106 cm³/mol. The number of amidine groups is 1. The molecule has 1 amide bonds. The minimum absolute atomic E-state index is 0.0659. The van der Waals surface area contributed by atoms with Gasteiger partial charge in [0.15, 0.2) is 16.7 Å². The highest BCUT2D eigenvalue weighted by molar-refractivity contribution is 8.18. The fourth-order valence-corrected chi connectivity index (χ4v) is 3.35. The molecular weight excluding hydrogens is 372 g/mol. The number of amides is 1. The SMILES string of the molecule is CCOc1cc(/C=C2/SC(=Nc3cccc(Cl)c3C)NC2=O)ccc1O. The highest BCUT2D eigenvalue weighted by atomic mass is 35.5. The van der Waals surface area contributed by atoms with Crippen molar-refractivity contribution in [2.75, 3.05) is 6.61 Å². The van der Waals surface area contributed by atoms with Crippen LogP contribution in [-0.2, 0) is 4.79 Å². The maximum atomic E-state index is 12.2. The lowest BCUT2D eigenvalue weighted by molar-refractivity contribution is -0.115. The van der Waals surface area contributed by atoms with E-state index in [0.717, 1.165) is 11.1 Å². The number of aromatic hydroxyl groups is 1. The minimum Gasteiger partial charge on any atom is -0.504 e. The van der Waals surface area contributed by atoms with Crippen LogP contribution in [0.3, 0.4) is 0 Å². The van der Waals surface area contributed by atoms with Gasteiger partial charge in [-0.25, -0.2) is 4.99 Å². The maximum Gasteiger partial charge on any atom is 0.264 e. The summed E-state index contributed by atoms with van der Waals surface area (Å²) < 4.78 is 5.37. The molecule has 0 spiro atoms. The van der Waals surface area contributed by atoms with Gasteiger partial charge < -0.3 is 15.2 Å². The molecule has 7 heteroatoms. The number of ether oxygens (including phenoxy) is 1. The maximum absolute atomic E-state index is 12.2. The molecule has 5 nitrogen and oxygen atoms in total. The first-order valence-corrected chi connectivity index (χ1v) is 9.18. The predicted octanol–water partition coefficient (Wildman–Crippen LogP) is 4.64. The van der Waals surface area contributed by atoms with Gasteiger partial charge in [-0.15, -0.1) is 0 Å². The second-order valence-corrected chi connectivity index (χ2v) is 6.96. The Morgan fingerprint density at radius 2 is 2.15 bits per heavy atom. The number of hydrogen-bond donors (Lipinski definition) is 2. The highest BCUT2D eigenvalue weighted by Gasteiger charge is 2.24. The molecule has 0 aromatic heterocycles. The van der Waals surface area contributed by atoms with E-state index in [9.17, 15) is 9.90 Å². The van der Waals surface area contributed by atoms with E-state index in [2.05, 4.69) is 10.3 Å². The molecule has 1 aliphatic heterocycles. The summed E-state index contributed by atoms with van der Waals surface area (Å²) in [5, 5.41) is 13.7. The van der Waals surface area contributed by atoms with Crippen molar-refractivity contribution in [1.29, 1.82) is 0 Å². The molecular formula is C19H17ClN2O3S. The van der Waals surface area contributed by atoms with Crippen molar-refractivity contribution in [3.8, 4) is 11.5 Å². The standard InChI is InChI=1S/C19H17ClN2O3S/c1-3-25-16-9-12(7-8-15(16)23)10-17-18(24)22-19(26-17)21-14-6-4-5-13(20)11(14)2/h4-10,23H,3H2,1-2H3,(H,21,22,24)/b17-10+. The van der Waals surface area contributed by atoms with Crippen molar-refractivity contribution in [3.05, 3.63) is 57.5 Å². The molecule has 3 rings (SSSR count). The smallest absolute Gasteiger partial charge is 0.264 e. The van der Waals surface area contributed by atoms with Crippen molar-refractivity contribution >= 4 is 46.2 Å². The van der Waals surface area contributed by atoms with Gasteiger partial charge in [0.2, 0.25) is 0 Å². The first-order chi connectivity index (χ1) is 12.5. The summed E-state index contributed by atoms with van der Waals surface area (Å²) in [6, 6.07) is 10.4. The van der Waals surface area contributed by atoms with Gasteiger partial charge in [0.1, 0.15) is 0 Å².